The molecular weight excluding hydrogens is 819 g/mol. The maximum atomic E-state index is 13.6. The van der Waals surface area contributed by atoms with Crippen LogP contribution in [0.4, 0.5) is 0 Å². The molecule has 62 heavy (non-hydrogen) atoms. The monoisotopic (exact) mass is 866 g/mol. The van der Waals surface area contributed by atoms with Crippen molar-refractivity contribution in [1.82, 2.24) is 9.80 Å². The Labute approximate surface area is 371 Å². The van der Waals surface area contributed by atoms with Crippen molar-refractivity contribution in [2.24, 2.45) is 10.8 Å². The van der Waals surface area contributed by atoms with Gasteiger partial charge in [-0.15, -0.1) is 0 Å². The number of carbonyl (C=O) groups excluding carboxylic acids is 2. The number of halogens is 2. The molecule has 6 aliphatic heterocycles. The van der Waals surface area contributed by atoms with Crippen molar-refractivity contribution in [2.45, 2.75) is 61.7 Å². The lowest BCUT2D eigenvalue weighted by Crippen LogP contribution is -2.49. The van der Waals surface area contributed by atoms with E-state index in [0.717, 1.165) is 94.1 Å². The van der Waals surface area contributed by atoms with Crippen LogP contribution in [0.15, 0.2) is 121 Å². The first-order valence-corrected chi connectivity index (χ1v) is 22.5. The van der Waals surface area contributed by atoms with Crippen LogP contribution in [-0.4, -0.2) is 74.3 Å². The Morgan fingerprint density at radius 2 is 0.968 bits per heavy atom. The summed E-state index contributed by atoms with van der Waals surface area (Å²) in [6.07, 6.45) is 4.37. The van der Waals surface area contributed by atoms with Gasteiger partial charge in [0.15, 0.2) is 0 Å². The molecule has 4 saturated heterocycles. The fourth-order valence-corrected chi connectivity index (χ4v) is 13.2. The van der Waals surface area contributed by atoms with E-state index >= 15 is 0 Å². The van der Waals surface area contributed by atoms with Crippen LogP contribution in [0.3, 0.4) is 0 Å². The van der Waals surface area contributed by atoms with Gasteiger partial charge in [-0.2, -0.15) is 0 Å². The first-order valence-electron chi connectivity index (χ1n) is 21.8. The maximum Gasteiger partial charge on any atom is 0.317 e. The summed E-state index contributed by atoms with van der Waals surface area (Å²) >= 11 is 12.4. The normalized spacial score (nSPS) is 29.2. The molecule has 8 atom stereocenters. The van der Waals surface area contributed by atoms with Crippen molar-refractivity contribution >= 4 is 56.7 Å². The topological polar surface area (TPSA) is 77.5 Å². The van der Waals surface area contributed by atoms with Gasteiger partial charge >= 0.3 is 11.9 Å². The number of fused-ring (bicyclic) bond motifs is 14. The van der Waals surface area contributed by atoms with E-state index in [9.17, 15) is 9.59 Å². The summed E-state index contributed by atoms with van der Waals surface area (Å²) in [5.74, 6) is 1.35. The summed E-state index contributed by atoms with van der Waals surface area (Å²) < 4.78 is 23.7. The van der Waals surface area contributed by atoms with Crippen molar-refractivity contribution in [3.63, 3.8) is 0 Å². The van der Waals surface area contributed by atoms with Crippen molar-refractivity contribution in [3.05, 3.63) is 154 Å². The van der Waals surface area contributed by atoms with Crippen LogP contribution in [0, 0.1) is 10.8 Å². The molecule has 0 amide bonds. The molecule has 12 rings (SSSR count). The molecule has 0 aromatic heterocycles. The van der Waals surface area contributed by atoms with Crippen molar-refractivity contribution in [2.75, 3.05) is 40.5 Å². The Morgan fingerprint density at radius 3 is 1.37 bits per heavy atom. The van der Waals surface area contributed by atoms with Gasteiger partial charge in [-0.1, -0.05) is 108 Å². The molecule has 0 radical (unpaired) electrons. The van der Waals surface area contributed by atoms with E-state index in [1.54, 1.807) is 0 Å². The molecule has 0 N–H and O–H groups in total. The number of benzene rings is 6. The van der Waals surface area contributed by atoms with Gasteiger partial charge < -0.3 is 18.9 Å². The Bertz CT molecular complexity index is 2540. The number of rotatable bonds is 4. The zero-order valence-corrected chi connectivity index (χ0v) is 36.3. The van der Waals surface area contributed by atoms with E-state index in [1.807, 2.05) is 24.3 Å². The fourth-order valence-electron chi connectivity index (χ4n) is 12.9. The lowest BCUT2D eigenvalue weighted by molar-refractivity contribution is -0.160. The summed E-state index contributed by atoms with van der Waals surface area (Å²) in [4.78, 5) is 32.4. The van der Waals surface area contributed by atoms with Gasteiger partial charge in [-0.05, 0) is 108 Å². The first-order chi connectivity index (χ1) is 30.3. The second-order valence-corrected chi connectivity index (χ2v) is 18.7. The summed E-state index contributed by atoms with van der Waals surface area (Å²) in [6, 6.07) is 41.4. The smallest absolute Gasteiger partial charge is 0.317 e. The molecule has 6 aliphatic rings. The minimum atomic E-state index is -0.801. The van der Waals surface area contributed by atoms with Crippen molar-refractivity contribution < 1.29 is 28.5 Å². The number of hydrogen-bond donors (Lipinski definition) is 0. The van der Waals surface area contributed by atoms with Crippen LogP contribution in [0.1, 0.15) is 71.9 Å². The highest BCUT2D eigenvalue weighted by Gasteiger charge is 2.69. The lowest BCUT2D eigenvalue weighted by atomic mass is 9.65. The summed E-state index contributed by atoms with van der Waals surface area (Å²) in [5, 5.41) is 6.03. The lowest BCUT2D eigenvalue weighted by Gasteiger charge is -2.43. The minimum Gasteiger partial charge on any atom is -0.492 e. The van der Waals surface area contributed by atoms with Gasteiger partial charge in [0.1, 0.15) is 35.5 Å². The molecule has 0 spiro atoms. The van der Waals surface area contributed by atoms with E-state index in [0.29, 0.717) is 23.3 Å². The summed E-state index contributed by atoms with van der Waals surface area (Å²) in [5.41, 5.74) is 2.90. The number of ether oxygens (including phenoxy) is 4. The average molecular weight is 868 g/mol. The number of methoxy groups -OCH3 is 2. The highest BCUT2D eigenvalue weighted by molar-refractivity contribution is 6.30. The van der Waals surface area contributed by atoms with E-state index in [1.165, 1.54) is 14.2 Å². The van der Waals surface area contributed by atoms with Crippen LogP contribution in [0.5, 0.6) is 11.5 Å². The van der Waals surface area contributed by atoms with Gasteiger partial charge in [0.25, 0.3) is 0 Å². The first kappa shape index (κ1) is 39.7. The number of carbonyl (C=O) groups is 2. The third kappa shape index (κ3) is 5.72. The Morgan fingerprint density at radius 1 is 0.565 bits per heavy atom. The third-order valence-electron chi connectivity index (χ3n) is 15.1. The van der Waals surface area contributed by atoms with E-state index in [4.69, 9.17) is 42.1 Å². The second kappa shape index (κ2) is 15.3. The fraction of sp³-hybridized carbons (Fsp3) is 0.346. The van der Waals surface area contributed by atoms with Crippen LogP contribution in [-0.2, 0) is 19.1 Å². The number of hydrogen-bond acceptors (Lipinski definition) is 8. The molecule has 8 nitrogen and oxygen atoms in total. The summed E-state index contributed by atoms with van der Waals surface area (Å²) in [6.45, 7) is 2.58. The van der Waals surface area contributed by atoms with Crippen LogP contribution < -0.4 is 9.47 Å². The van der Waals surface area contributed by atoms with Crippen molar-refractivity contribution in [3.8, 4) is 11.5 Å². The van der Waals surface area contributed by atoms with E-state index in [-0.39, 0.29) is 47.9 Å². The molecule has 316 valence electrons. The van der Waals surface area contributed by atoms with Gasteiger partial charge in [-0.25, -0.2) is 0 Å². The van der Waals surface area contributed by atoms with Crippen LogP contribution >= 0.6 is 23.2 Å². The molecule has 0 bridgehead atoms. The molecular formula is C52H48Cl2N2O6. The summed E-state index contributed by atoms with van der Waals surface area (Å²) in [7, 11) is 2.99. The highest BCUT2D eigenvalue weighted by Crippen LogP contribution is 2.66. The predicted molar refractivity (Wildman–Crippen MR) is 241 cm³/mol. The standard InChI is InChI=1S/2C26H24ClNO3/c2*1-30-25(29)26-15-31-21-13-10-16-5-2-3-6-19(16)22(21)24(26)28-14-4-7-20(28)23(26)17-8-11-18(27)12-9-17/h2*2-3,5-6,8-13,20,23-24H,4,7,14-15H2,1H3/t2*20-,23-,24-,26+/m00/s1. The van der Waals surface area contributed by atoms with Gasteiger partial charge in [-0.3, -0.25) is 19.4 Å². The third-order valence-corrected chi connectivity index (χ3v) is 15.6. The van der Waals surface area contributed by atoms with Crippen LogP contribution in [0.2, 0.25) is 10.0 Å². The van der Waals surface area contributed by atoms with Gasteiger partial charge in [0, 0.05) is 45.1 Å². The molecule has 10 heteroatoms. The van der Waals surface area contributed by atoms with E-state index < -0.39 is 10.8 Å². The Kier molecular flexibility index (Phi) is 9.80. The number of nitrogens with zero attached hydrogens (tertiary/aromatic N) is 2. The largest absolute Gasteiger partial charge is 0.492 e. The Hall–Kier alpha value is -5.12. The molecule has 0 aliphatic carbocycles. The highest BCUT2D eigenvalue weighted by atomic mass is 35.5. The molecule has 0 unspecified atom stereocenters. The van der Waals surface area contributed by atoms with E-state index in [2.05, 4.69) is 107 Å². The second-order valence-electron chi connectivity index (χ2n) is 17.8. The molecule has 6 heterocycles. The predicted octanol–water partition coefficient (Wildman–Crippen LogP) is 10.7. The van der Waals surface area contributed by atoms with Gasteiger partial charge in [0.05, 0.1) is 26.3 Å². The minimum absolute atomic E-state index is 0.0168. The SMILES string of the molecule is COC(=O)[C@@]12COc3ccc4ccccc4c3[C@@H]1N1CCC[C@H]1[C@@H]2c1ccc(Cl)cc1.COC(=O)[C@@]12COc3ccc4ccccc4c3[C@@H]1N1CCC[C@H]1[C@@H]2c1ccc(Cl)cc1. The maximum absolute atomic E-state index is 13.6. The zero-order valence-electron chi connectivity index (χ0n) is 34.8. The molecule has 6 aromatic carbocycles. The average Bonchev–Trinajstić information content (AvgIpc) is 4.10. The Balaban J connectivity index is 0.000000139. The van der Waals surface area contributed by atoms with Crippen LogP contribution in [0.25, 0.3) is 21.5 Å². The number of esters is 2. The molecule has 0 saturated carbocycles. The van der Waals surface area contributed by atoms with Crippen molar-refractivity contribution in [1.29, 1.82) is 0 Å². The molecule has 4 fully saturated rings. The quantitative estimate of drug-likeness (QED) is 0.162. The van der Waals surface area contributed by atoms with Gasteiger partial charge in [0.2, 0.25) is 0 Å². The zero-order chi connectivity index (χ0) is 42.3. The molecule has 6 aromatic rings.